The van der Waals surface area contributed by atoms with Crippen molar-refractivity contribution in [2.75, 3.05) is 0 Å². The van der Waals surface area contributed by atoms with E-state index in [4.69, 9.17) is 69.6 Å². The Kier molecular flexibility index (Phi) is 13.3. The van der Waals surface area contributed by atoms with Crippen molar-refractivity contribution in [3.63, 3.8) is 0 Å². The van der Waals surface area contributed by atoms with Gasteiger partial charge in [0.2, 0.25) is 0 Å². The molecule has 0 unspecified atom stereocenters. The van der Waals surface area contributed by atoms with Crippen molar-refractivity contribution in [3.8, 4) is 0 Å². The van der Waals surface area contributed by atoms with Crippen molar-refractivity contribution in [1.29, 1.82) is 0 Å². The van der Waals surface area contributed by atoms with Gasteiger partial charge in [-0.25, -0.2) is 0 Å². The fourth-order valence-electron chi connectivity index (χ4n) is 3.07. The number of nitrogens with one attached hydrogen (secondary N) is 2. The minimum atomic E-state index is -1.96. The third-order valence-electron chi connectivity index (χ3n) is 4.70. The van der Waals surface area contributed by atoms with Crippen LogP contribution in [-0.2, 0) is 9.59 Å². The summed E-state index contributed by atoms with van der Waals surface area (Å²) in [7, 11) is 0. The Hall–Kier alpha value is 2.06. The molecule has 0 aromatic rings. The van der Waals surface area contributed by atoms with Crippen LogP contribution in [0.3, 0.4) is 0 Å². The summed E-state index contributed by atoms with van der Waals surface area (Å²) in [6, 6.07) is -0.632. The van der Waals surface area contributed by atoms with Gasteiger partial charge < -0.3 is 20.8 Å². The first kappa shape index (κ1) is 30.1. The number of carbonyl (C=O) groups is 2. The van der Waals surface area contributed by atoms with E-state index in [0.717, 1.165) is 25.7 Å². The Bertz CT molecular complexity index is 543. The maximum absolute atomic E-state index is 11.4. The van der Waals surface area contributed by atoms with Crippen molar-refractivity contribution in [3.05, 3.63) is 0 Å². The average molecular weight is 773 g/mol. The molecule has 0 saturated heterocycles. The molecular weight excluding hydrogens is 751 g/mol. The number of hydrogen-bond donors (Lipinski definition) is 4. The van der Waals surface area contributed by atoms with E-state index in [-0.39, 0.29) is 19.9 Å². The summed E-state index contributed by atoms with van der Waals surface area (Å²) >= 11 is 36.9. The van der Waals surface area contributed by atoms with Crippen LogP contribution in [0.1, 0.15) is 38.5 Å². The number of carbonyl (C=O) groups excluding carboxylic acids is 2. The largest absolute Gasteiger partial charge is 0.390 e. The molecule has 6 nitrogen and oxygen atoms in total. The smallest absolute Gasteiger partial charge is 0.272 e. The number of aliphatic hydroxyl groups excluding tert-OH is 2. The van der Waals surface area contributed by atoms with Gasteiger partial charge in [-0.3, -0.25) is 9.59 Å². The highest BCUT2D eigenvalue weighted by atomic mass is 127. The number of alkyl halides is 8. The van der Waals surface area contributed by atoms with Crippen LogP contribution in [0.2, 0.25) is 0 Å². The Morgan fingerprint density at radius 3 is 1.27 bits per heavy atom. The van der Waals surface area contributed by atoms with Crippen molar-refractivity contribution in [2.45, 2.75) is 78.3 Å². The van der Waals surface area contributed by atoms with Gasteiger partial charge in [0.05, 0.1) is 24.3 Å². The van der Waals surface area contributed by atoms with Crippen molar-refractivity contribution in [1.82, 2.24) is 10.6 Å². The Morgan fingerprint density at radius 1 is 0.700 bits per heavy atom. The first-order valence-corrected chi connectivity index (χ1v) is 13.8. The number of halogens is 8. The monoisotopic (exact) mass is 770 g/mol. The highest BCUT2D eigenvalue weighted by molar-refractivity contribution is 14.1. The predicted octanol–water partition coefficient (Wildman–Crippen LogP) is 4.38. The maximum Gasteiger partial charge on any atom is 0.272 e. The van der Waals surface area contributed by atoms with Gasteiger partial charge in [0.15, 0.2) is 0 Å². The molecule has 30 heavy (non-hydrogen) atoms. The molecule has 14 heteroatoms. The Labute approximate surface area is 233 Å². The first-order chi connectivity index (χ1) is 13.6. The van der Waals surface area contributed by atoms with Crippen LogP contribution in [0.25, 0.3) is 0 Å². The summed E-state index contributed by atoms with van der Waals surface area (Å²) in [4.78, 5) is 22.7. The fourth-order valence-corrected chi connectivity index (χ4v) is 5.28. The van der Waals surface area contributed by atoms with E-state index in [1.807, 2.05) is 0 Å². The van der Waals surface area contributed by atoms with E-state index < -0.39 is 31.6 Å². The number of aliphatic hydroxyl groups is 2. The normalized spacial score (nSPS) is 32.5. The summed E-state index contributed by atoms with van der Waals surface area (Å²) < 4.78 is -3.65. The molecular formula is C16H22Cl6I2N2O4. The van der Waals surface area contributed by atoms with Gasteiger partial charge in [-0.15, -0.1) is 0 Å². The van der Waals surface area contributed by atoms with Crippen molar-refractivity contribution >= 4 is 127 Å². The van der Waals surface area contributed by atoms with Gasteiger partial charge in [0, 0.05) is 7.85 Å². The van der Waals surface area contributed by atoms with Crippen molar-refractivity contribution in [2.24, 2.45) is 0 Å². The van der Waals surface area contributed by atoms with Gasteiger partial charge in [-0.05, 0) is 25.7 Å². The second kappa shape index (κ2) is 13.2. The van der Waals surface area contributed by atoms with Gasteiger partial charge in [0.1, 0.15) is 0 Å². The lowest BCUT2D eigenvalue weighted by Gasteiger charge is -2.32. The zero-order chi connectivity index (χ0) is 23.3. The predicted molar refractivity (Wildman–Crippen MR) is 140 cm³/mol. The SMILES string of the molecule is O=C(N[C@H]1CCC[C@H](I)[C@H]1O)C(Cl)(Cl)Cl.O=C(N[C@H]1CCC[C@H](I)[C@H]1O)C(Cl)(Cl)Cl. The second-order valence-electron chi connectivity index (χ2n) is 7.03. The lowest BCUT2D eigenvalue weighted by Crippen LogP contribution is -2.52. The van der Waals surface area contributed by atoms with Crippen LogP contribution in [0.5, 0.6) is 0 Å². The third kappa shape index (κ3) is 10.1. The van der Waals surface area contributed by atoms with Crippen LogP contribution in [0.15, 0.2) is 0 Å². The summed E-state index contributed by atoms with van der Waals surface area (Å²) in [5.41, 5.74) is 0. The first-order valence-electron chi connectivity index (χ1n) is 9.04. The lowest BCUT2D eigenvalue weighted by atomic mass is 9.92. The zero-order valence-corrected chi connectivity index (χ0v) is 24.3. The zero-order valence-electron chi connectivity index (χ0n) is 15.4. The van der Waals surface area contributed by atoms with E-state index >= 15 is 0 Å². The molecule has 4 N–H and O–H groups in total. The standard InChI is InChI=1S/2C8H11Cl3INO2/c2*9-8(10,11)7(15)13-5-3-1-2-4(12)6(5)14/h2*4-6,14H,1-3H2,(H,13,15)/t2*4-,5-,6+/m00/s1. The topological polar surface area (TPSA) is 98.7 Å². The third-order valence-corrected chi connectivity index (χ3v) is 8.45. The minimum absolute atomic E-state index is 0.136. The molecule has 2 fully saturated rings. The highest BCUT2D eigenvalue weighted by Gasteiger charge is 2.38. The maximum atomic E-state index is 11.4. The number of amides is 2. The fraction of sp³-hybridized carbons (Fsp3) is 0.875. The molecule has 0 aromatic carbocycles. The van der Waals surface area contributed by atoms with E-state index in [1.54, 1.807) is 0 Å². The second-order valence-corrected chi connectivity index (χ2v) is 14.8. The summed E-state index contributed by atoms with van der Waals surface area (Å²) in [5, 5.41) is 24.7. The van der Waals surface area contributed by atoms with Crippen LogP contribution in [-0.4, -0.2) is 61.8 Å². The summed E-state index contributed by atoms with van der Waals surface area (Å²) in [6.45, 7) is 0. The molecule has 0 heterocycles. The molecule has 2 rings (SSSR count). The molecule has 0 radical (unpaired) electrons. The van der Waals surface area contributed by atoms with Crippen LogP contribution < -0.4 is 10.6 Å². The van der Waals surface area contributed by atoms with E-state index in [9.17, 15) is 19.8 Å². The Morgan fingerprint density at radius 2 is 1.00 bits per heavy atom. The quantitative estimate of drug-likeness (QED) is 0.248. The highest BCUT2D eigenvalue weighted by Crippen LogP contribution is 2.30. The number of rotatable bonds is 2. The molecule has 6 atom stereocenters. The molecule has 2 saturated carbocycles. The molecule has 176 valence electrons. The molecule has 2 aliphatic carbocycles. The van der Waals surface area contributed by atoms with E-state index in [0.29, 0.717) is 12.8 Å². The Balaban J connectivity index is 0.000000300. The average Bonchev–Trinajstić information content (AvgIpc) is 2.61. The summed E-state index contributed by atoms with van der Waals surface area (Å²) in [5.74, 6) is -1.36. The molecule has 2 aliphatic rings. The van der Waals surface area contributed by atoms with Gasteiger partial charge >= 0.3 is 0 Å². The van der Waals surface area contributed by atoms with Gasteiger partial charge in [-0.2, -0.15) is 0 Å². The molecule has 0 aromatic heterocycles. The van der Waals surface area contributed by atoms with Gasteiger partial charge in [0.25, 0.3) is 19.4 Å². The molecule has 0 aliphatic heterocycles. The van der Waals surface area contributed by atoms with Crippen LogP contribution in [0.4, 0.5) is 0 Å². The lowest BCUT2D eigenvalue weighted by molar-refractivity contribution is -0.122. The van der Waals surface area contributed by atoms with Crippen LogP contribution >= 0.6 is 115 Å². The van der Waals surface area contributed by atoms with Gasteiger partial charge in [-0.1, -0.05) is 128 Å². The van der Waals surface area contributed by atoms with Crippen LogP contribution in [0, 0.1) is 0 Å². The molecule has 2 amide bonds. The van der Waals surface area contributed by atoms with E-state index in [1.165, 1.54) is 0 Å². The number of hydrogen-bond acceptors (Lipinski definition) is 4. The van der Waals surface area contributed by atoms with E-state index in [2.05, 4.69) is 55.8 Å². The minimum Gasteiger partial charge on any atom is -0.390 e. The van der Waals surface area contributed by atoms with Crippen molar-refractivity contribution < 1.29 is 19.8 Å². The summed E-state index contributed by atoms with van der Waals surface area (Å²) in [6.07, 6.45) is 4.08. The molecule has 0 bridgehead atoms. The molecule has 0 spiro atoms.